The first-order chi connectivity index (χ1) is 12.9. The Morgan fingerprint density at radius 3 is 2.14 bits per heavy atom. The first-order valence-electron chi connectivity index (χ1n) is 8.02. The second-order valence-corrected chi connectivity index (χ2v) is 8.34. The molecule has 0 radical (unpaired) electrons. The average molecular weight is 408 g/mol. The van der Waals surface area contributed by atoms with Gasteiger partial charge in [-0.3, -0.25) is 4.79 Å². The van der Waals surface area contributed by atoms with Crippen molar-refractivity contribution in [2.45, 2.75) is 18.7 Å². The summed E-state index contributed by atoms with van der Waals surface area (Å²) >= 11 is 0. The summed E-state index contributed by atoms with van der Waals surface area (Å²) < 4.78 is 31.4. The average Bonchev–Trinajstić information content (AvgIpc) is 2.59. The third-order valence-corrected chi connectivity index (χ3v) is 5.67. The zero-order valence-corrected chi connectivity index (χ0v) is 16.5. The smallest absolute Gasteiger partial charge is 0.394 e. The molecular weight excluding hydrogens is 388 g/mol. The molecule has 0 fully saturated rings. The second-order valence-electron chi connectivity index (χ2n) is 6.22. The highest BCUT2D eigenvalue weighted by molar-refractivity contribution is 7.89. The van der Waals surface area contributed by atoms with Crippen molar-refractivity contribution in [3.05, 3.63) is 41.5 Å². The maximum absolute atomic E-state index is 12.3. The topological polar surface area (TPSA) is 133 Å². The zero-order chi connectivity index (χ0) is 21.2. The Labute approximate surface area is 162 Å². The Hall–Kier alpha value is -3.11. The monoisotopic (exact) mass is 408 g/mol. The van der Waals surface area contributed by atoms with E-state index in [1.54, 1.807) is 13.8 Å². The molecule has 0 aliphatic carbocycles. The Morgan fingerprint density at radius 1 is 1.07 bits per heavy atom. The predicted octanol–water partition coefficient (Wildman–Crippen LogP) is 2.07. The number of carbonyl (C=O) groups is 2. The molecule has 2 aromatic carbocycles. The van der Waals surface area contributed by atoms with Crippen LogP contribution in [0.2, 0.25) is 0 Å². The Bertz CT molecular complexity index is 1020. The maximum atomic E-state index is 12.3. The van der Waals surface area contributed by atoms with Crippen LogP contribution >= 0.6 is 0 Å². The zero-order valence-electron chi connectivity index (χ0n) is 15.7. The van der Waals surface area contributed by atoms with Crippen molar-refractivity contribution in [1.82, 2.24) is 4.31 Å². The number of nitrogens with zero attached hydrogens (tertiary/aromatic N) is 1. The molecule has 3 N–H and O–H groups in total. The van der Waals surface area contributed by atoms with Crippen LogP contribution in [0.25, 0.3) is 0 Å². The van der Waals surface area contributed by atoms with E-state index < -0.39 is 27.6 Å². The first-order valence-corrected chi connectivity index (χ1v) is 9.46. The summed E-state index contributed by atoms with van der Waals surface area (Å²) in [5, 5.41) is 20.8. The summed E-state index contributed by atoms with van der Waals surface area (Å²) in [6, 6.07) is 6.91. The van der Waals surface area contributed by atoms with Gasteiger partial charge in [0.2, 0.25) is 10.0 Å². The van der Waals surface area contributed by atoms with Gasteiger partial charge in [-0.2, -0.15) is 0 Å². The minimum atomic E-state index is -3.87. The number of hydrogen-bond donors (Lipinski definition) is 3. The van der Waals surface area contributed by atoms with Gasteiger partial charge in [-0.1, -0.05) is 0 Å². The van der Waals surface area contributed by atoms with Crippen LogP contribution < -0.4 is 10.1 Å². The van der Waals surface area contributed by atoms with Gasteiger partial charge in [0.1, 0.15) is 22.1 Å². The number of amides is 1. The molecule has 0 aliphatic heterocycles. The summed E-state index contributed by atoms with van der Waals surface area (Å²) in [7, 11) is -1.17. The van der Waals surface area contributed by atoms with Crippen LogP contribution in [0.1, 0.15) is 11.1 Å². The van der Waals surface area contributed by atoms with Crippen LogP contribution in [-0.2, 0) is 19.6 Å². The number of ether oxygens (including phenoxy) is 1. The molecule has 0 atom stereocenters. The lowest BCUT2D eigenvalue weighted by Gasteiger charge is -2.16. The SMILES string of the molecule is Cc1cc(NC(=O)C(=O)O)cc(C)c1Oc1ccc(O)c(S(=O)(=O)N(C)C)c1. The molecule has 0 saturated heterocycles. The lowest BCUT2D eigenvalue weighted by Crippen LogP contribution is -2.22. The molecule has 1 amide bonds. The molecule has 0 spiro atoms. The van der Waals surface area contributed by atoms with E-state index in [1.165, 1.54) is 44.4 Å². The third-order valence-electron chi connectivity index (χ3n) is 3.82. The fourth-order valence-corrected chi connectivity index (χ4v) is 3.44. The summed E-state index contributed by atoms with van der Waals surface area (Å²) in [6.07, 6.45) is 0. The van der Waals surface area contributed by atoms with Gasteiger partial charge < -0.3 is 20.3 Å². The van der Waals surface area contributed by atoms with Gasteiger partial charge in [0.25, 0.3) is 0 Å². The molecule has 2 rings (SSSR count). The normalized spacial score (nSPS) is 11.3. The number of carbonyl (C=O) groups excluding carboxylic acids is 1. The van der Waals surface area contributed by atoms with Crippen molar-refractivity contribution in [2.75, 3.05) is 19.4 Å². The molecule has 0 bridgehead atoms. The highest BCUT2D eigenvalue weighted by Gasteiger charge is 2.22. The fourth-order valence-electron chi connectivity index (χ4n) is 2.45. The Morgan fingerprint density at radius 2 is 1.64 bits per heavy atom. The third kappa shape index (κ3) is 4.41. The van der Waals surface area contributed by atoms with Gasteiger partial charge in [-0.15, -0.1) is 0 Å². The molecular formula is C18H20N2O7S. The number of carboxylic acids is 1. The van der Waals surface area contributed by atoms with E-state index in [4.69, 9.17) is 9.84 Å². The van der Waals surface area contributed by atoms with Gasteiger partial charge in [0, 0.05) is 25.8 Å². The van der Waals surface area contributed by atoms with Gasteiger partial charge in [0.05, 0.1) is 0 Å². The summed E-state index contributed by atoms with van der Waals surface area (Å²) in [5.41, 5.74) is 1.47. The predicted molar refractivity (Wildman–Crippen MR) is 101 cm³/mol. The van der Waals surface area contributed by atoms with E-state index in [0.717, 1.165) is 4.31 Å². The van der Waals surface area contributed by atoms with Crippen molar-refractivity contribution >= 4 is 27.6 Å². The number of aromatic hydroxyl groups is 1. The molecule has 10 heteroatoms. The second kappa shape index (κ2) is 7.87. The molecule has 0 heterocycles. The summed E-state index contributed by atoms with van der Waals surface area (Å²) in [4.78, 5) is 21.7. The van der Waals surface area contributed by atoms with E-state index in [1.807, 2.05) is 0 Å². The largest absolute Gasteiger partial charge is 0.507 e. The summed E-state index contributed by atoms with van der Waals surface area (Å²) in [6.45, 7) is 3.38. The molecule has 2 aromatic rings. The Balaban J connectivity index is 2.39. The van der Waals surface area contributed by atoms with Crippen LogP contribution in [0.15, 0.2) is 35.2 Å². The summed E-state index contributed by atoms with van der Waals surface area (Å²) in [5.74, 6) is -2.57. The molecule has 0 saturated carbocycles. The van der Waals surface area contributed by atoms with Gasteiger partial charge in [-0.05, 0) is 49.2 Å². The van der Waals surface area contributed by atoms with E-state index in [-0.39, 0.29) is 16.3 Å². The van der Waals surface area contributed by atoms with Crippen LogP contribution in [0.4, 0.5) is 5.69 Å². The number of phenols is 1. The number of anilines is 1. The van der Waals surface area contributed by atoms with Gasteiger partial charge in [0.15, 0.2) is 0 Å². The van der Waals surface area contributed by atoms with Crippen molar-refractivity contribution in [1.29, 1.82) is 0 Å². The number of sulfonamides is 1. The van der Waals surface area contributed by atoms with Gasteiger partial charge in [-0.25, -0.2) is 17.5 Å². The molecule has 150 valence electrons. The quantitative estimate of drug-likeness (QED) is 0.645. The van der Waals surface area contributed by atoms with Crippen molar-refractivity contribution in [3.8, 4) is 17.2 Å². The van der Waals surface area contributed by atoms with E-state index in [0.29, 0.717) is 16.9 Å². The van der Waals surface area contributed by atoms with Gasteiger partial charge >= 0.3 is 11.9 Å². The number of aryl methyl sites for hydroxylation is 2. The van der Waals surface area contributed by atoms with Crippen LogP contribution in [0.5, 0.6) is 17.2 Å². The fraction of sp³-hybridized carbons (Fsp3) is 0.222. The van der Waals surface area contributed by atoms with Crippen molar-refractivity contribution < 1.29 is 33.0 Å². The maximum Gasteiger partial charge on any atom is 0.394 e. The molecule has 0 unspecified atom stereocenters. The number of aliphatic carboxylic acids is 1. The number of nitrogens with one attached hydrogen (secondary N) is 1. The van der Waals surface area contributed by atoms with Crippen LogP contribution in [0.3, 0.4) is 0 Å². The van der Waals surface area contributed by atoms with E-state index in [2.05, 4.69) is 5.32 Å². The number of carboxylic acid groups (broad SMARTS) is 1. The van der Waals surface area contributed by atoms with Crippen LogP contribution in [0, 0.1) is 13.8 Å². The number of benzene rings is 2. The number of hydrogen-bond acceptors (Lipinski definition) is 6. The minimum absolute atomic E-state index is 0.187. The van der Waals surface area contributed by atoms with Crippen LogP contribution in [-0.4, -0.2) is 48.9 Å². The lowest BCUT2D eigenvalue weighted by atomic mass is 10.1. The molecule has 9 nitrogen and oxygen atoms in total. The standard InChI is InChI=1S/C18H20N2O7S/c1-10-7-12(19-17(22)18(23)24)8-11(2)16(10)27-13-5-6-14(21)15(9-13)28(25,26)20(3)4/h5-9,21H,1-4H3,(H,19,22)(H,23,24). The molecule has 0 aromatic heterocycles. The van der Waals surface area contributed by atoms with E-state index in [9.17, 15) is 23.1 Å². The minimum Gasteiger partial charge on any atom is -0.507 e. The molecule has 28 heavy (non-hydrogen) atoms. The highest BCUT2D eigenvalue weighted by Crippen LogP contribution is 2.35. The van der Waals surface area contributed by atoms with E-state index >= 15 is 0 Å². The lowest BCUT2D eigenvalue weighted by molar-refractivity contribution is -0.147. The first kappa shape index (κ1) is 21.2. The number of phenolic OH excluding ortho intramolecular Hbond substituents is 1. The molecule has 0 aliphatic rings. The van der Waals surface area contributed by atoms with Crippen molar-refractivity contribution in [2.24, 2.45) is 0 Å². The number of rotatable bonds is 5. The Kier molecular flexibility index (Phi) is 5.95. The highest BCUT2D eigenvalue weighted by atomic mass is 32.2. The van der Waals surface area contributed by atoms with Crippen molar-refractivity contribution in [3.63, 3.8) is 0 Å².